The van der Waals surface area contributed by atoms with Gasteiger partial charge in [0.15, 0.2) is 0 Å². The molecule has 1 heterocycles. The Morgan fingerprint density at radius 2 is 2.38 bits per heavy atom. The van der Waals surface area contributed by atoms with Crippen molar-refractivity contribution < 1.29 is 23.6 Å². The number of rotatable bonds is 4. The maximum atomic E-state index is 11.9. The Kier molecular flexibility index (Phi) is 2.45. The molecule has 1 saturated carbocycles. The Hall–Kier alpha value is -1.89. The van der Waals surface area contributed by atoms with E-state index >= 15 is 0 Å². The summed E-state index contributed by atoms with van der Waals surface area (Å²) >= 11 is 0. The summed E-state index contributed by atoms with van der Waals surface area (Å²) < 4.78 is 79.3. The molecule has 0 spiro atoms. The van der Waals surface area contributed by atoms with Crippen molar-refractivity contribution in [1.29, 1.82) is 0 Å². The third-order valence-corrected chi connectivity index (χ3v) is 3.34. The maximum absolute atomic E-state index is 11.9. The lowest BCUT2D eigenvalue weighted by molar-refractivity contribution is -0.0277. The van der Waals surface area contributed by atoms with Gasteiger partial charge < -0.3 is 21.5 Å². The van der Waals surface area contributed by atoms with Crippen LogP contribution in [-0.2, 0) is 0 Å². The highest BCUT2D eigenvalue weighted by atomic mass is 16.3. The lowest BCUT2D eigenvalue weighted by Gasteiger charge is -2.39. The van der Waals surface area contributed by atoms with Crippen LogP contribution in [0.1, 0.15) is 77.7 Å². The van der Waals surface area contributed by atoms with Crippen LogP contribution in [0.15, 0.2) is 6.20 Å². The minimum absolute atomic E-state index is 0.236. The minimum atomic E-state index is -3.00. The predicted octanol–water partition coefficient (Wildman–Crippen LogP) is 2.14. The fourth-order valence-corrected chi connectivity index (χ4v) is 2.19. The van der Waals surface area contributed by atoms with Gasteiger partial charge in [-0.1, -0.05) is 6.85 Å². The molecule has 1 aliphatic carbocycles. The molecule has 1 fully saturated rings. The van der Waals surface area contributed by atoms with Crippen molar-refractivity contribution in [2.45, 2.75) is 70.8 Å². The Labute approximate surface area is 157 Å². The molecule has 0 aromatic carbocycles. The van der Waals surface area contributed by atoms with Crippen LogP contribution in [0, 0.1) is 5.92 Å². The number of nitrogens with one attached hydrogen (secondary N) is 2. The van der Waals surface area contributed by atoms with Gasteiger partial charge in [0.25, 0.3) is 5.91 Å². The molecule has 2 rings (SSSR count). The summed E-state index contributed by atoms with van der Waals surface area (Å²) in [5.41, 5.74) is 0.914. The van der Waals surface area contributed by atoms with Crippen LogP contribution in [0.25, 0.3) is 0 Å². The Bertz CT molecular complexity index is 946. The summed E-state index contributed by atoms with van der Waals surface area (Å²) in [6.07, 6.45) is -4.94. The fraction of sp³-hybridized carbons (Fsp3) is 0.706. The molecule has 1 aromatic heterocycles. The van der Waals surface area contributed by atoms with Gasteiger partial charge in [0, 0.05) is 31.5 Å². The molecule has 1 aliphatic rings. The second-order valence-corrected chi connectivity index (χ2v) is 6.40. The first-order chi connectivity index (χ1) is 14.9. The Balaban J connectivity index is 2.53. The van der Waals surface area contributed by atoms with Crippen LogP contribution >= 0.6 is 0 Å². The number of aromatic nitrogens is 2. The number of nitrogens with two attached hydrogens (primary N) is 1. The van der Waals surface area contributed by atoms with Crippen molar-refractivity contribution in [3.05, 3.63) is 11.8 Å². The van der Waals surface area contributed by atoms with Gasteiger partial charge in [0.2, 0.25) is 5.95 Å². The number of aliphatic hydroxyl groups is 1. The maximum Gasteiger partial charge on any atom is 0.254 e. The number of hydrogen-bond acceptors (Lipinski definition) is 6. The molecular formula is C17H29N5O2. The van der Waals surface area contributed by atoms with Crippen molar-refractivity contribution in [3.63, 3.8) is 0 Å². The van der Waals surface area contributed by atoms with E-state index in [2.05, 4.69) is 20.6 Å². The zero-order valence-electron chi connectivity index (χ0n) is 23.8. The molecule has 1 amide bonds. The van der Waals surface area contributed by atoms with E-state index in [4.69, 9.17) is 19.4 Å². The molecule has 0 radical (unpaired) electrons. The Morgan fingerprint density at radius 3 is 3.00 bits per heavy atom. The van der Waals surface area contributed by atoms with E-state index < -0.39 is 61.9 Å². The first kappa shape index (κ1) is 8.99. The summed E-state index contributed by atoms with van der Waals surface area (Å²) in [6, 6.07) is -1.55. The standard InChI is InChI=1S/C17H29N5O2/c1-10-6-7-11(8-17(10,5)24)20-14-12(13(18)23)9-19-15(21-14)22-16(2,3)4/h9-11,24H,6-8H2,1-5H3,(H2,18,23)(H2,19,20,21,22)/t10-,11-,17-/m1/s1/i1D3,2D3,6D2,8D2. The number of anilines is 2. The topological polar surface area (TPSA) is 113 Å². The van der Waals surface area contributed by atoms with Gasteiger partial charge in [-0.25, -0.2) is 4.98 Å². The summed E-state index contributed by atoms with van der Waals surface area (Å²) in [4.78, 5) is 19.9. The van der Waals surface area contributed by atoms with Crippen molar-refractivity contribution in [1.82, 2.24) is 9.97 Å². The summed E-state index contributed by atoms with van der Waals surface area (Å²) in [6.45, 7) is -1.81. The van der Waals surface area contributed by atoms with E-state index in [0.717, 1.165) is 13.1 Å². The third-order valence-electron chi connectivity index (χ3n) is 3.34. The smallest absolute Gasteiger partial charge is 0.254 e. The molecule has 0 unspecified atom stereocenters. The number of primary amides is 1. The van der Waals surface area contributed by atoms with E-state index in [9.17, 15) is 9.90 Å². The van der Waals surface area contributed by atoms with Crippen LogP contribution < -0.4 is 16.4 Å². The summed E-state index contributed by atoms with van der Waals surface area (Å²) in [5.74, 6) is -3.62. The normalized spacial score (nSPS) is 39.0. The van der Waals surface area contributed by atoms with Crippen LogP contribution in [0.2, 0.25) is 0 Å². The molecule has 0 bridgehead atoms. The summed E-state index contributed by atoms with van der Waals surface area (Å²) in [5, 5.41) is 16.1. The van der Waals surface area contributed by atoms with Gasteiger partial charge in [-0.3, -0.25) is 4.79 Å². The van der Waals surface area contributed by atoms with Crippen molar-refractivity contribution in [2.75, 3.05) is 10.6 Å². The molecule has 3 atom stereocenters. The lowest BCUT2D eigenvalue weighted by atomic mass is 9.75. The van der Waals surface area contributed by atoms with Crippen molar-refractivity contribution in [3.8, 4) is 0 Å². The molecule has 5 N–H and O–H groups in total. The zero-order valence-corrected chi connectivity index (χ0v) is 13.8. The van der Waals surface area contributed by atoms with Gasteiger partial charge in [-0.15, -0.1) is 0 Å². The first-order valence-electron chi connectivity index (χ1n) is 12.4. The third kappa shape index (κ3) is 4.56. The molecule has 24 heavy (non-hydrogen) atoms. The Morgan fingerprint density at radius 1 is 1.62 bits per heavy atom. The van der Waals surface area contributed by atoms with Crippen molar-refractivity contribution in [2.24, 2.45) is 11.7 Å². The SMILES string of the molecule is [2H]C([2H])([2H])[C@@H]1C([2H])([2H])C[C@@H](Nc2nc(NC(C)(C)C([2H])([2H])[2H])ncc2C(N)=O)C([2H])([2H])[C@@]1(C)O. The molecular weight excluding hydrogens is 306 g/mol. The number of amides is 1. The number of carbonyl (C=O) groups excluding carboxylic acids is 1. The van der Waals surface area contributed by atoms with Crippen LogP contribution in [0.3, 0.4) is 0 Å². The monoisotopic (exact) mass is 345 g/mol. The molecule has 7 heteroatoms. The molecule has 134 valence electrons. The number of nitrogens with zero attached hydrogens (tertiary/aromatic N) is 2. The quantitative estimate of drug-likeness (QED) is 0.665. The number of carbonyl (C=O) groups is 1. The van der Waals surface area contributed by atoms with E-state index in [0.29, 0.717) is 0 Å². The highest BCUT2D eigenvalue weighted by molar-refractivity contribution is 5.97. The van der Waals surface area contributed by atoms with Crippen LogP contribution in [-0.4, -0.2) is 38.2 Å². The number of hydrogen-bond donors (Lipinski definition) is 4. The fourth-order valence-electron chi connectivity index (χ4n) is 2.19. The van der Waals surface area contributed by atoms with Gasteiger partial charge in [0.1, 0.15) is 5.82 Å². The molecule has 7 nitrogen and oxygen atoms in total. The highest BCUT2D eigenvalue weighted by Gasteiger charge is 2.36. The first-order valence-corrected chi connectivity index (χ1v) is 7.39. The van der Waals surface area contributed by atoms with E-state index in [1.807, 2.05) is 0 Å². The van der Waals surface area contributed by atoms with Crippen LogP contribution in [0.5, 0.6) is 0 Å². The second kappa shape index (κ2) is 6.55. The minimum Gasteiger partial charge on any atom is -0.390 e. The van der Waals surface area contributed by atoms with Crippen LogP contribution in [0.4, 0.5) is 11.8 Å². The molecule has 0 saturated heterocycles. The molecule has 0 aliphatic heterocycles. The molecule has 1 aromatic rings. The van der Waals surface area contributed by atoms with E-state index in [1.165, 1.54) is 13.8 Å². The van der Waals surface area contributed by atoms with E-state index in [-0.39, 0.29) is 17.3 Å². The average Bonchev–Trinajstić information content (AvgIpc) is 2.56. The van der Waals surface area contributed by atoms with E-state index in [1.54, 1.807) is 0 Å². The van der Waals surface area contributed by atoms with Gasteiger partial charge in [0.05, 0.1) is 11.2 Å². The van der Waals surface area contributed by atoms with Crippen molar-refractivity contribution >= 4 is 17.7 Å². The van der Waals surface area contributed by atoms with Gasteiger partial charge >= 0.3 is 0 Å². The second-order valence-electron chi connectivity index (χ2n) is 6.40. The van der Waals surface area contributed by atoms with Gasteiger partial charge in [-0.05, 0) is 52.7 Å². The van der Waals surface area contributed by atoms with Gasteiger partial charge in [-0.2, -0.15) is 4.98 Å². The largest absolute Gasteiger partial charge is 0.390 e. The lowest BCUT2D eigenvalue weighted by Crippen LogP contribution is -2.44. The summed E-state index contributed by atoms with van der Waals surface area (Å²) in [7, 11) is 0. The average molecular weight is 346 g/mol. The predicted molar refractivity (Wildman–Crippen MR) is 95.0 cm³/mol. The zero-order chi connectivity index (χ0) is 26.7. The highest BCUT2D eigenvalue weighted by Crippen LogP contribution is 2.34.